The Morgan fingerprint density at radius 1 is 1.30 bits per heavy atom. The highest BCUT2D eigenvalue weighted by Gasteiger charge is 2.22. The minimum Gasteiger partial charge on any atom is -0.473 e. The van der Waals surface area contributed by atoms with Crippen LogP contribution in [-0.2, 0) is 4.79 Å². The molecule has 2 aromatic rings. The standard InChI is InChI=1S/C15H14FN3O4/c1-9-3-8-13(14(17-9)19(21)22)23-10(2)15(20)18-12-6-4-11(16)5-7-12/h3-8,10H,1-2H3,(H,18,20)/t10-/m1/s1. The van der Waals surface area contributed by atoms with Crippen LogP contribution in [0.15, 0.2) is 36.4 Å². The number of rotatable bonds is 5. The molecule has 0 bridgehead atoms. The molecule has 0 saturated heterocycles. The number of anilines is 1. The molecule has 1 aromatic carbocycles. The Balaban J connectivity index is 2.09. The maximum atomic E-state index is 12.8. The van der Waals surface area contributed by atoms with Gasteiger partial charge in [-0.3, -0.25) is 4.79 Å². The lowest BCUT2D eigenvalue weighted by Crippen LogP contribution is -2.30. The minimum atomic E-state index is -0.997. The van der Waals surface area contributed by atoms with Gasteiger partial charge in [0, 0.05) is 12.6 Å². The number of carbonyl (C=O) groups excluding carboxylic acids is 1. The second-order valence-corrected chi connectivity index (χ2v) is 4.79. The van der Waals surface area contributed by atoms with Gasteiger partial charge in [-0.2, -0.15) is 0 Å². The SMILES string of the molecule is Cc1ccc(O[C@H](C)C(=O)Nc2ccc(F)cc2)c([N+](=O)[O-])n1. The van der Waals surface area contributed by atoms with E-state index in [2.05, 4.69) is 10.3 Å². The van der Waals surface area contributed by atoms with Gasteiger partial charge in [-0.1, -0.05) is 0 Å². The molecule has 1 N–H and O–H groups in total. The Labute approximate surface area is 131 Å². The highest BCUT2D eigenvalue weighted by Crippen LogP contribution is 2.25. The summed E-state index contributed by atoms with van der Waals surface area (Å²) in [7, 11) is 0. The van der Waals surface area contributed by atoms with Crippen molar-refractivity contribution in [2.75, 3.05) is 5.32 Å². The largest absolute Gasteiger partial charge is 0.473 e. The third-order valence-electron chi connectivity index (χ3n) is 2.94. The summed E-state index contributed by atoms with van der Waals surface area (Å²) in [6, 6.07) is 8.15. The zero-order chi connectivity index (χ0) is 17.0. The summed E-state index contributed by atoms with van der Waals surface area (Å²) in [6.07, 6.45) is -0.997. The Morgan fingerprint density at radius 3 is 2.57 bits per heavy atom. The molecule has 0 radical (unpaired) electrons. The van der Waals surface area contributed by atoms with Crippen molar-refractivity contribution in [3.05, 3.63) is 58.0 Å². The van der Waals surface area contributed by atoms with Gasteiger partial charge in [0.25, 0.3) is 5.91 Å². The van der Waals surface area contributed by atoms with Crippen LogP contribution in [0.1, 0.15) is 12.6 Å². The molecule has 0 aliphatic heterocycles. The predicted octanol–water partition coefficient (Wildman–Crippen LogP) is 2.84. The van der Waals surface area contributed by atoms with Crippen molar-refractivity contribution >= 4 is 17.4 Å². The fourth-order valence-corrected chi connectivity index (χ4v) is 1.77. The maximum Gasteiger partial charge on any atom is 0.406 e. The van der Waals surface area contributed by atoms with E-state index in [9.17, 15) is 19.3 Å². The quantitative estimate of drug-likeness (QED) is 0.675. The van der Waals surface area contributed by atoms with Crippen molar-refractivity contribution in [3.8, 4) is 5.75 Å². The van der Waals surface area contributed by atoms with Crippen molar-refractivity contribution in [1.82, 2.24) is 4.98 Å². The molecule has 23 heavy (non-hydrogen) atoms. The first kappa shape index (κ1) is 16.3. The predicted molar refractivity (Wildman–Crippen MR) is 80.7 cm³/mol. The fraction of sp³-hybridized carbons (Fsp3) is 0.200. The van der Waals surface area contributed by atoms with E-state index in [-0.39, 0.29) is 5.75 Å². The lowest BCUT2D eigenvalue weighted by molar-refractivity contribution is -0.390. The summed E-state index contributed by atoms with van der Waals surface area (Å²) in [5.74, 6) is -1.49. The molecule has 0 aliphatic rings. The minimum absolute atomic E-state index is 0.0950. The van der Waals surface area contributed by atoms with E-state index >= 15 is 0 Å². The molecule has 7 nitrogen and oxygen atoms in total. The number of hydrogen-bond donors (Lipinski definition) is 1. The third kappa shape index (κ3) is 4.22. The first-order valence-electron chi connectivity index (χ1n) is 6.72. The normalized spacial score (nSPS) is 11.6. The van der Waals surface area contributed by atoms with Gasteiger partial charge < -0.3 is 20.2 Å². The van der Waals surface area contributed by atoms with Gasteiger partial charge in [0.15, 0.2) is 6.10 Å². The molecule has 1 aromatic heterocycles. The van der Waals surface area contributed by atoms with Crippen LogP contribution in [0.25, 0.3) is 0 Å². The van der Waals surface area contributed by atoms with Crippen molar-refractivity contribution in [2.45, 2.75) is 20.0 Å². The molecule has 2 rings (SSSR count). The number of nitrogens with zero attached hydrogens (tertiary/aromatic N) is 2. The van der Waals surface area contributed by atoms with E-state index in [0.29, 0.717) is 11.4 Å². The van der Waals surface area contributed by atoms with Crippen LogP contribution in [0.5, 0.6) is 5.75 Å². The van der Waals surface area contributed by atoms with Crippen molar-refractivity contribution in [3.63, 3.8) is 0 Å². The number of carbonyl (C=O) groups is 1. The van der Waals surface area contributed by atoms with Gasteiger partial charge in [0.05, 0.1) is 0 Å². The zero-order valence-electron chi connectivity index (χ0n) is 12.4. The highest BCUT2D eigenvalue weighted by atomic mass is 19.1. The number of amides is 1. The number of ether oxygens (including phenoxy) is 1. The molecule has 0 spiro atoms. The Morgan fingerprint density at radius 2 is 1.96 bits per heavy atom. The highest BCUT2D eigenvalue weighted by molar-refractivity contribution is 5.94. The van der Waals surface area contributed by atoms with E-state index in [0.717, 1.165) is 0 Å². The molecule has 0 unspecified atom stereocenters. The lowest BCUT2D eigenvalue weighted by atomic mass is 10.3. The second kappa shape index (κ2) is 6.82. The van der Waals surface area contributed by atoms with E-state index in [1.165, 1.54) is 37.3 Å². The van der Waals surface area contributed by atoms with E-state index in [1.807, 2.05) is 0 Å². The van der Waals surface area contributed by atoms with E-state index in [4.69, 9.17) is 4.74 Å². The van der Waals surface area contributed by atoms with Gasteiger partial charge in [0.2, 0.25) is 5.75 Å². The van der Waals surface area contributed by atoms with Crippen LogP contribution in [0.2, 0.25) is 0 Å². The molecular formula is C15H14FN3O4. The first-order chi connectivity index (χ1) is 10.9. The molecule has 8 heteroatoms. The summed E-state index contributed by atoms with van der Waals surface area (Å²) in [5.41, 5.74) is 0.857. The summed E-state index contributed by atoms with van der Waals surface area (Å²) >= 11 is 0. The molecule has 120 valence electrons. The number of aromatic nitrogens is 1. The van der Waals surface area contributed by atoms with Gasteiger partial charge in [-0.25, -0.2) is 4.39 Å². The van der Waals surface area contributed by atoms with Crippen LogP contribution in [0.4, 0.5) is 15.9 Å². The number of benzene rings is 1. The van der Waals surface area contributed by atoms with Gasteiger partial charge in [-0.15, -0.1) is 0 Å². The summed E-state index contributed by atoms with van der Waals surface area (Å²) in [6.45, 7) is 3.06. The van der Waals surface area contributed by atoms with Crippen LogP contribution in [0, 0.1) is 22.9 Å². The van der Waals surface area contributed by atoms with Crippen molar-refractivity contribution in [2.24, 2.45) is 0 Å². The van der Waals surface area contributed by atoms with Crippen LogP contribution in [0.3, 0.4) is 0 Å². The molecule has 0 fully saturated rings. The number of halogens is 1. The number of pyridine rings is 1. The zero-order valence-corrected chi connectivity index (χ0v) is 12.4. The maximum absolute atomic E-state index is 12.8. The summed E-state index contributed by atoms with van der Waals surface area (Å²) < 4.78 is 18.1. The van der Waals surface area contributed by atoms with Crippen LogP contribution >= 0.6 is 0 Å². The third-order valence-corrected chi connectivity index (χ3v) is 2.94. The van der Waals surface area contributed by atoms with Gasteiger partial charge in [-0.05, 0) is 53.2 Å². The molecule has 1 heterocycles. The fourth-order valence-electron chi connectivity index (χ4n) is 1.77. The Bertz CT molecular complexity index is 734. The first-order valence-corrected chi connectivity index (χ1v) is 6.72. The number of nitro groups is 1. The molecule has 1 amide bonds. The average Bonchev–Trinajstić information content (AvgIpc) is 2.51. The number of nitrogens with one attached hydrogen (secondary N) is 1. The van der Waals surface area contributed by atoms with Crippen molar-refractivity contribution in [1.29, 1.82) is 0 Å². The van der Waals surface area contributed by atoms with Crippen molar-refractivity contribution < 1.29 is 18.8 Å². The lowest BCUT2D eigenvalue weighted by Gasteiger charge is -2.14. The van der Waals surface area contributed by atoms with E-state index in [1.54, 1.807) is 13.0 Å². The molecular weight excluding hydrogens is 305 g/mol. The summed E-state index contributed by atoms with van der Waals surface area (Å²) in [5, 5.41) is 13.5. The number of aryl methyl sites for hydroxylation is 1. The summed E-state index contributed by atoms with van der Waals surface area (Å²) in [4.78, 5) is 26.1. The smallest absolute Gasteiger partial charge is 0.406 e. The Hall–Kier alpha value is -3.03. The van der Waals surface area contributed by atoms with Gasteiger partial charge in [0.1, 0.15) is 11.5 Å². The molecule has 1 atom stereocenters. The Kier molecular flexibility index (Phi) is 4.85. The number of hydrogen-bond acceptors (Lipinski definition) is 5. The average molecular weight is 319 g/mol. The van der Waals surface area contributed by atoms with E-state index < -0.39 is 28.6 Å². The van der Waals surface area contributed by atoms with Crippen LogP contribution in [-0.4, -0.2) is 21.9 Å². The second-order valence-electron chi connectivity index (χ2n) is 4.79. The molecule has 0 aliphatic carbocycles. The van der Waals surface area contributed by atoms with Crippen LogP contribution < -0.4 is 10.1 Å². The topological polar surface area (TPSA) is 94.4 Å². The van der Waals surface area contributed by atoms with Gasteiger partial charge >= 0.3 is 5.82 Å². The monoisotopic (exact) mass is 319 g/mol. The molecule has 0 saturated carbocycles.